The van der Waals surface area contributed by atoms with Crippen molar-refractivity contribution in [1.29, 1.82) is 0 Å². The summed E-state index contributed by atoms with van der Waals surface area (Å²) in [6, 6.07) is 31.0. The summed E-state index contributed by atoms with van der Waals surface area (Å²) in [6.45, 7) is 9.60. The quantitative estimate of drug-likeness (QED) is 0.0276. The van der Waals surface area contributed by atoms with Gasteiger partial charge < -0.3 is 24.2 Å². The number of nitrogen functional groups attached to an aromatic ring is 1. The second kappa shape index (κ2) is 17.5. The zero-order valence-electron chi connectivity index (χ0n) is 33.5. The smallest absolute Gasteiger partial charge is 0.459 e. The summed E-state index contributed by atoms with van der Waals surface area (Å²) in [5, 5.41) is 8.57. The molecule has 1 fully saturated rings. The third-order valence-corrected chi connectivity index (χ3v) is 16.5. The molecule has 0 saturated carbocycles. The number of anilines is 1. The SMILES string of the molecule is CC(C)OC(=O)[C@H](C)NP(=O)(OC[C@@]1(N=[N+]=[N-])O[C@@H](n2ccc(N)nc2=O)[C@H](O[Si](c2ccccc2)(c2ccccc2)C(C)(C)C)[C@@H]1F)Oc1cccc2ccccc12. The number of ether oxygens (including phenoxy) is 2. The molecule has 310 valence electrons. The molecule has 0 spiro atoms. The molecule has 1 aliphatic heterocycles. The van der Waals surface area contributed by atoms with Crippen LogP contribution in [0.4, 0.5) is 10.2 Å². The van der Waals surface area contributed by atoms with E-state index in [1.54, 1.807) is 38.1 Å². The van der Waals surface area contributed by atoms with Crippen LogP contribution in [0.5, 0.6) is 5.75 Å². The van der Waals surface area contributed by atoms with Crippen LogP contribution < -0.4 is 31.4 Å². The summed E-state index contributed by atoms with van der Waals surface area (Å²) in [7, 11) is -8.37. The molecule has 18 heteroatoms. The van der Waals surface area contributed by atoms with Gasteiger partial charge in [0.2, 0.25) is 5.72 Å². The number of aromatic nitrogens is 2. The van der Waals surface area contributed by atoms with Crippen molar-refractivity contribution in [2.75, 3.05) is 12.3 Å². The van der Waals surface area contributed by atoms with Crippen LogP contribution >= 0.6 is 7.75 Å². The fourth-order valence-corrected chi connectivity index (χ4v) is 13.4. The monoisotopic (exact) mass is 843 g/mol. The van der Waals surface area contributed by atoms with Gasteiger partial charge >= 0.3 is 19.4 Å². The fraction of sp³-hybridized carbons (Fsp3) is 0.341. The van der Waals surface area contributed by atoms with Crippen LogP contribution in [0.2, 0.25) is 5.04 Å². The van der Waals surface area contributed by atoms with E-state index in [4.69, 9.17) is 28.7 Å². The number of nitrogens with one attached hydrogen (secondary N) is 1. The highest BCUT2D eigenvalue weighted by molar-refractivity contribution is 7.52. The van der Waals surface area contributed by atoms with Gasteiger partial charge in [0.1, 0.15) is 23.7 Å². The van der Waals surface area contributed by atoms with Crippen molar-refractivity contribution in [3.63, 3.8) is 0 Å². The van der Waals surface area contributed by atoms with Gasteiger partial charge in [-0.1, -0.05) is 123 Å². The molecule has 6 atom stereocenters. The lowest BCUT2D eigenvalue weighted by Gasteiger charge is -2.45. The third-order valence-electron chi connectivity index (χ3n) is 9.86. The Bertz CT molecular complexity index is 2390. The van der Waals surface area contributed by atoms with E-state index in [0.717, 1.165) is 20.3 Å². The first-order valence-corrected chi connectivity index (χ1v) is 22.4. The van der Waals surface area contributed by atoms with E-state index in [2.05, 4.69) is 20.1 Å². The first kappa shape index (κ1) is 43.2. The van der Waals surface area contributed by atoms with E-state index in [1.165, 1.54) is 19.2 Å². The number of hydrogen-bond donors (Lipinski definition) is 2. The predicted octanol–water partition coefficient (Wildman–Crippen LogP) is 6.93. The number of alkyl halides is 1. The Morgan fingerprint density at radius 2 is 1.63 bits per heavy atom. The molecule has 15 nitrogen and oxygen atoms in total. The highest BCUT2D eigenvalue weighted by Crippen LogP contribution is 2.51. The molecule has 1 aromatic heterocycles. The normalized spacial score (nSPS) is 21.1. The molecule has 0 amide bonds. The topological polar surface area (TPSA) is 202 Å². The van der Waals surface area contributed by atoms with Crippen LogP contribution in [-0.4, -0.2) is 60.6 Å². The number of esters is 1. The maximum absolute atomic E-state index is 18.0. The van der Waals surface area contributed by atoms with Gasteiger partial charge in [-0.05, 0) is 59.2 Å². The number of carbonyl (C=O) groups is 1. The van der Waals surface area contributed by atoms with E-state index in [0.29, 0.717) is 5.39 Å². The molecule has 1 aliphatic rings. The number of benzene rings is 4. The predicted molar refractivity (Wildman–Crippen MR) is 224 cm³/mol. The van der Waals surface area contributed by atoms with Crippen LogP contribution in [0.3, 0.4) is 0 Å². The number of rotatable bonds is 15. The first-order chi connectivity index (χ1) is 28.0. The Morgan fingerprint density at radius 1 is 1.02 bits per heavy atom. The molecule has 5 aromatic rings. The van der Waals surface area contributed by atoms with E-state index < -0.39 is 75.7 Å². The van der Waals surface area contributed by atoms with Crippen molar-refractivity contribution < 1.29 is 36.7 Å². The van der Waals surface area contributed by atoms with Gasteiger partial charge in [-0.25, -0.2) is 13.8 Å². The summed E-state index contributed by atoms with van der Waals surface area (Å²) in [5.41, 5.74) is 12.3. The Hall–Kier alpha value is -5.38. The van der Waals surface area contributed by atoms with Crippen molar-refractivity contribution in [3.05, 3.63) is 136 Å². The fourth-order valence-electron chi connectivity index (χ4n) is 7.18. The van der Waals surface area contributed by atoms with Crippen LogP contribution in [-0.2, 0) is 27.8 Å². The summed E-state index contributed by atoms with van der Waals surface area (Å²) in [6.07, 6.45) is -4.93. The Morgan fingerprint density at radius 3 is 2.22 bits per heavy atom. The number of hydrogen-bond acceptors (Lipinski definition) is 11. The molecule has 1 saturated heterocycles. The van der Waals surface area contributed by atoms with Crippen LogP contribution in [0.1, 0.15) is 47.8 Å². The van der Waals surface area contributed by atoms with Gasteiger partial charge in [-0.3, -0.25) is 13.9 Å². The van der Waals surface area contributed by atoms with Gasteiger partial charge in [0.25, 0.3) is 8.32 Å². The minimum atomic E-state index is -4.75. The van der Waals surface area contributed by atoms with Crippen molar-refractivity contribution in [1.82, 2.24) is 14.6 Å². The Balaban J connectivity index is 1.47. The molecule has 2 heterocycles. The number of nitrogens with zero attached hydrogens (tertiary/aromatic N) is 5. The van der Waals surface area contributed by atoms with E-state index in [-0.39, 0.29) is 11.6 Å². The summed E-state index contributed by atoms with van der Waals surface area (Å²) >= 11 is 0. The maximum atomic E-state index is 18.0. The molecular weight excluding hydrogens is 797 g/mol. The van der Waals surface area contributed by atoms with Gasteiger partial charge in [0.05, 0.1) is 12.7 Å². The number of fused-ring (bicyclic) bond motifs is 1. The standard InChI is InChI=1S/C41H47FN7O8PSi/c1-27(2)54-38(50)28(3)46-58(52,56-33-23-15-17-29-16-13-14-22-32(29)33)53-26-41(47-48-44)36(42)35(37(55-41)49-25-24-34(43)45-39(49)51)57-59(40(4,5)6,30-18-9-7-10-19-30)31-20-11-8-12-21-31/h7-25,27-28,35-37H,26H2,1-6H3,(H,46,52)(H2,43,45,51)/t28-,35+,36-,37+,41+,58?/m0/s1. The molecule has 6 rings (SSSR count). The lowest BCUT2D eigenvalue weighted by molar-refractivity contribution is -0.149. The molecule has 1 unspecified atom stereocenters. The van der Waals surface area contributed by atoms with Gasteiger partial charge in [0.15, 0.2) is 12.4 Å². The number of azide groups is 1. The van der Waals surface area contributed by atoms with Crippen molar-refractivity contribution >= 4 is 49.0 Å². The third kappa shape index (κ3) is 8.97. The zero-order chi connectivity index (χ0) is 42.6. The number of carbonyl (C=O) groups excluding carboxylic acids is 1. The molecule has 0 aliphatic carbocycles. The summed E-state index contributed by atoms with van der Waals surface area (Å²) < 4.78 is 64.8. The van der Waals surface area contributed by atoms with Crippen molar-refractivity contribution in [2.24, 2.45) is 5.11 Å². The lowest BCUT2D eigenvalue weighted by atomic mass is 10.1. The second-order valence-corrected chi connectivity index (χ2v) is 21.4. The Kier molecular flexibility index (Phi) is 12.8. The first-order valence-electron chi connectivity index (χ1n) is 18.9. The number of nitrogens with two attached hydrogens (primary N) is 1. The van der Waals surface area contributed by atoms with E-state index in [1.807, 2.05) is 99.6 Å². The van der Waals surface area contributed by atoms with Crippen molar-refractivity contribution in [2.45, 2.75) is 83.0 Å². The summed E-state index contributed by atoms with van der Waals surface area (Å²) in [5.74, 6) is -0.766. The van der Waals surface area contributed by atoms with Crippen LogP contribution in [0.25, 0.3) is 21.2 Å². The van der Waals surface area contributed by atoms with Gasteiger partial charge in [-0.2, -0.15) is 10.1 Å². The molecule has 3 N–H and O–H groups in total. The minimum Gasteiger partial charge on any atom is -0.462 e. The van der Waals surface area contributed by atoms with Gasteiger partial charge in [-0.15, -0.1) is 0 Å². The lowest BCUT2D eigenvalue weighted by Crippen LogP contribution is -2.68. The van der Waals surface area contributed by atoms with Crippen LogP contribution in [0, 0.1) is 0 Å². The van der Waals surface area contributed by atoms with Crippen molar-refractivity contribution in [3.8, 4) is 5.75 Å². The molecule has 0 radical (unpaired) electrons. The molecule has 59 heavy (non-hydrogen) atoms. The number of halogens is 1. The second-order valence-electron chi connectivity index (χ2n) is 15.4. The van der Waals surface area contributed by atoms with E-state index >= 15 is 4.39 Å². The average molecular weight is 844 g/mol. The highest BCUT2D eigenvalue weighted by atomic mass is 31.2. The Labute approximate surface area is 342 Å². The molecule has 0 bridgehead atoms. The highest BCUT2D eigenvalue weighted by Gasteiger charge is 2.63. The zero-order valence-corrected chi connectivity index (χ0v) is 35.4. The van der Waals surface area contributed by atoms with Gasteiger partial charge in [0, 0.05) is 16.5 Å². The maximum Gasteiger partial charge on any atom is 0.459 e. The largest absolute Gasteiger partial charge is 0.462 e. The molecular formula is C41H47FN7O8PSi. The summed E-state index contributed by atoms with van der Waals surface area (Å²) in [4.78, 5) is 33.3. The van der Waals surface area contributed by atoms with E-state index in [9.17, 15) is 19.7 Å². The molecule has 4 aromatic carbocycles. The minimum absolute atomic E-state index is 0.0992. The average Bonchev–Trinajstić information content (AvgIpc) is 3.46. The van der Waals surface area contributed by atoms with Crippen LogP contribution in [0.15, 0.2) is 125 Å².